The highest BCUT2D eigenvalue weighted by molar-refractivity contribution is 7.71. The second-order valence-corrected chi connectivity index (χ2v) is 7.52. The molecule has 0 amide bonds. The molecular weight excluding hydrogens is 240 g/mol. The lowest BCUT2D eigenvalue weighted by Crippen LogP contribution is -2.49. The van der Waals surface area contributed by atoms with Crippen LogP contribution >= 0.6 is 12.2 Å². The molecule has 18 heavy (non-hydrogen) atoms. The van der Waals surface area contributed by atoms with Gasteiger partial charge in [-0.05, 0) is 80.8 Å². The van der Waals surface area contributed by atoms with Crippen LogP contribution in [-0.2, 0) is 0 Å². The van der Waals surface area contributed by atoms with E-state index in [0.717, 1.165) is 22.5 Å². The number of imidazole rings is 1. The molecule has 4 saturated carbocycles. The Morgan fingerprint density at radius 3 is 2.22 bits per heavy atom. The summed E-state index contributed by atoms with van der Waals surface area (Å²) in [5.41, 5.74) is 0.551. The lowest BCUT2D eigenvalue weighted by Gasteiger charge is -2.59. The first-order valence-electron chi connectivity index (χ1n) is 7.42. The van der Waals surface area contributed by atoms with Crippen LogP contribution < -0.4 is 0 Å². The first-order valence-corrected chi connectivity index (χ1v) is 7.83. The van der Waals surface area contributed by atoms with Gasteiger partial charge in [-0.15, -0.1) is 0 Å². The molecule has 1 N–H and O–H groups in total. The van der Waals surface area contributed by atoms with Crippen molar-refractivity contribution in [2.45, 2.75) is 51.5 Å². The molecule has 5 rings (SSSR count). The van der Waals surface area contributed by atoms with Crippen LogP contribution in [0.25, 0.3) is 0 Å². The molecule has 1 atom stereocenters. The van der Waals surface area contributed by atoms with Crippen molar-refractivity contribution in [3.63, 3.8) is 0 Å². The van der Waals surface area contributed by atoms with Gasteiger partial charge in [-0.1, -0.05) is 0 Å². The molecular formula is C15H22N2S. The van der Waals surface area contributed by atoms with Gasteiger partial charge in [0.1, 0.15) is 0 Å². The molecule has 4 aliphatic rings. The Morgan fingerprint density at radius 2 is 1.78 bits per heavy atom. The normalized spacial score (nSPS) is 43.3. The number of aromatic nitrogens is 2. The van der Waals surface area contributed by atoms with Gasteiger partial charge in [0.2, 0.25) is 0 Å². The molecule has 3 heteroatoms. The fourth-order valence-electron chi connectivity index (χ4n) is 5.62. The largest absolute Gasteiger partial charge is 0.337 e. The van der Waals surface area contributed by atoms with E-state index in [1.54, 1.807) is 0 Å². The maximum Gasteiger partial charge on any atom is 0.177 e. The lowest BCUT2D eigenvalue weighted by atomic mass is 9.48. The quantitative estimate of drug-likeness (QED) is 0.787. The van der Waals surface area contributed by atoms with E-state index >= 15 is 0 Å². The minimum absolute atomic E-state index is 0.551. The summed E-state index contributed by atoms with van der Waals surface area (Å²) >= 11 is 5.42. The number of rotatable bonds is 2. The Labute approximate surface area is 114 Å². The molecule has 1 aromatic heterocycles. The second kappa shape index (κ2) is 3.72. The average Bonchev–Trinajstić information content (AvgIpc) is 2.72. The summed E-state index contributed by atoms with van der Waals surface area (Å²) in [5, 5.41) is 0. The fourth-order valence-corrected chi connectivity index (χ4v) is 5.91. The van der Waals surface area contributed by atoms with E-state index in [2.05, 4.69) is 22.7 Å². The minimum Gasteiger partial charge on any atom is -0.337 e. The monoisotopic (exact) mass is 262 g/mol. The van der Waals surface area contributed by atoms with Crippen LogP contribution in [0.2, 0.25) is 0 Å². The van der Waals surface area contributed by atoms with E-state index in [0.29, 0.717) is 11.5 Å². The number of H-pyrrole nitrogens is 1. The van der Waals surface area contributed by atoms with E-state index in [-0.39, 0.29) is 0 Å². The molecule has 2 nitrogen and oxygen atoms in total. The van der Waals surface area contributed by atoms with Crippen molar-refractivity contribution in [2.75, 3.05) is 0 Å². The molecule has 4 aliphatic carbocycles. The Bertz CT molecular complexity index is 477. The molecule has 1 heterocycles. The van der Waals surface area contributed by atoms with Crippen molar-refractivity contribution in [3.8, 4) is 0 Å². The number of aromatic amines is 1. The second-order valence-electron chi connectivity index (χ2n) is 7.13. The number of hydrogen-bond acceptors (Lipinski definition) is 1. The van der Waals surface area contributed by atoms with E-state index in [4.69, 9.17) is 12.2 Å². The summed E-state index contributed by atoms with van der Waals surface area (Å²) in [7, 11) is 0. The van der Waals surface area contributed by atoms with Crippen molar-refractivity contribution in [3.05, 3.63) is 17.2 Å². The first-order chi connectivity index (χ1) is 8.66. The van der Waals surface area contributed by atoms with Gasteiger partial charge in [-0.2, -0.15) is 0 Å². The summed E-state index contributed by atoms with van der Waals surface area (Å²) in [4.78, 5) is 3.16. The minimum atomic E-state index is 0.551. The van der Waals surface area contributed by atoms with Crippen LogP contribution in [0, 0.1) is 27.9 Å². The molecule has 0 aromatic carbocycles. The van der Waals surface area contributed by atoms with Gasteiger partial charge in [-0.25, -0.2) is 0 Å². The van der Waals surface area contributed by atoms with Gasteiger partial charge < -0.3 is 9.55 Å². The van der Waals surface area contributed by atoms with Crippen LogP contribution in [-0.4, -0.2) is 9.55 Å². The molecule has 0 spiro atoms. The summed E-state index contributed by atoms with van der Waals surface area (Å²) < 4.78 is 3.21. The molecule has 0 radical (unpaired) electrons. The third kappa shape index (κ3) is 1.49. The Morgan fingerprint density at radius 1 is 1.22 bits per heavy atom. The smallest absolute Gasteiger partial charge is 0.177 e. The van der Waals surface area contributed by atoms with Crippen LogP contribution in [0.4, 0.5) is 0 Å². The Balaban J connectivity index is 1.71. The molecule has 1 unspecified atom stereocenters. The van der Waals surface area contributed by atoms with Crippen LogP contribution in [0.1, 0.15) is 51.5 Å². The maximum atomic E-state index is 5.42. The fraction of sp³-hybridized carbons (Fsp3) is 0.800. The summed E-state index contributed by atoms with van der Waals surface area (Å²) in [6.07, 6.45) is 13.0. The predicted octanol–water partition coefficient (Wildman–Crippen LogP) is 4.32. The van der Waals surface area contributed by atoms with Crippen molar-refractivity contribution in [2.24, 2.45) is 23.2 Å². The molecule has 4 bridgehead atoms. The van der Waals surface area contributed by atoms with Gasteiger partial charge in [0.15, 0.2) is 4.77 Å². The van der Waals surface area contributed by atoms with Gasteiger partial charge in [0, 0.05) is 18.4 Å². The third-order valence-electron chi connectivity index (χ3n) is 6.07. The number of hydrogen-bond donors (Lipinski definition) is 1. The molecule has 1 aromatic rings. The van der Waals surface area contributed by atoms with Gasteiger partial charge >= 0.3 is 0 Å². The molecule has 98 valence electrons. The van der Waals surface area contributed by atoms with E-state index in [1.165, 1.54) is 38.5 Å². The van der Waals surface area contributed by atoms with Gasteiger partial charge in [0.05, 0.1) is 0 Å². The topological polar surface area (TPSA) is 20.7 Å². The molecule has 0 saturated heterocycles. The Kier molecular flexibility index (Phi) is 2.33. The predicted molar refractivity (Wildman–Crippen MR) is 74.9 cm³/mol. The van der Waals surface area contributed by atoms with E-state index < -0.39 is 0 Å². The zero-order chi connectivity index (χ0) is 12.3. The average molecular weight is 262 g/mol. The van der Waals surface area contributed by atoms with Gasteiger partial charge in [-0.3, -0.25) is 0 Å². The number of nitrogens with zero attached hydrogens (tertiary/aromatic N) is 1. The third-order valence-corrected chi connectivity index (χ3v) is 6.39. The van der Waals surface area contributed by atoms with Crippen LogP contribution in [0.15, 0.2) is 12.4 Å². The highest BCUT2D eigenvalue weighted by Crippen LogP contribution is 2.63. The molecule has 0 aliphatic heterocycles. The standard InChI is InChI=1S/C15H22N2S/c1-10(17-3-2-16-14(17)18)15-7-11-4-12(8-15)6-13(5-11)9-15/h2-3,10-13H,4-9H2,1H3,(H,16,18). The first kappa shape index (κ1) is 11.3. The maximum absolute atomic E-state index is 5.42. The van der Waals surface area contributed by atoms with Crippen LogP contribution in [0.5, 0.6) is 0 Å². The van der Waals surface area contributed by atoms with Crippen molar-refractivity contribution >= 4 is 12.2 Å². The van der Waals surface area contributed by atoms with E-state index in [1.807, 2.05) is 6.20 Å². The van der Waals surface area contributed by atoms with Crippen molar-refractivity contribution in [1.82, 2.24) is 9.55 Å². The SMILES string of the molecule is CC(n1cc[nH]c1=S)C12CC3CC(CC(C3)C1)C2. The summed E-state index contributed by atoms with van der Waals surface area (Å²) in [6.45, 7) is 2.40. The number of nitrogens with one attached hydrogen (secondary N) is 1. The summed E-state index contributed by atoms with van der Waals surface area (Å²) in [6, 6.07) is 0.574. The van der Waals surface area contributed by atoms with E-state index in [9.17, 15) is 0 Å². The van der Waals surface area contributed by atoms with Crippen molar-refractivity contribution in [1.29, 1.82) is 0 Å². The van der Waals surface area contributed by atoms with Gasteiger partial charge in [0.25, 0.3) is 0 Å². The lowest BCUT2D eigenvalue weighted by molar-refractivity contribution is -0.0790. The molecule has 4 fully saturated rings. The highest BCUT2D eigenvalue weighted by atomic mass is 32.1. The Hall–Kier alpha value is -0.570. The van der Waals surface area contributed by atoms with Crippen LogP contribution in [0.3, 0.4) is 0 Å². The zero-order valence-corrected chi connectivity index (χ0v) is 11.9. The summed E-state index contributed by atoms with van der Waals surface area (Å²) in [5.74, 6) is 3.06. The highest BCUT2D eigenvalue weighted by Gasteiger charge is 2.53. The zero-order valence-electron chi connectivity index (χ0n) is 11.1. The van der Waals surface area contributed by atoms with Crippen molar-refractivity contribution < 1.29 is 0 Å².